The maximum atomic E-state index is 6.19. The maximum Gasteiger partial charge on any atom is 0.135 e. The molecule has 342 valence electrons. The largest absolute Gasteiger partial charge is 0.456 e. The molecule has 0 fully saturated rings. The molecule has 0 atom stereocenters. The fourth-order valence-corrected chi connectivity index (χ4v) is 11.8. The van der Waals surface area contributed by atoms with Gasteiger partial charge >= 0.3 is 0 Å². The molecule has 2 heteroatoms. The van der Waals surface area contributed by atoms with Gasteiger partial charge in [-0.3, -0.25) is 0 Å². The van der Waals surface area contributed by atoms with Gasteiger partial charge in [-0.1, -0.05) is 218 Å². The summed E-state index contributed by atoms with van der Waals surface area (Å²) < 4.78 is 6.19. The Morgan fingerprint density at radius 3 is 1.52 bits per heavy atom. The number of hydrogen-bond acceptors (Lipinski definition) is 2. The Hall–Kier alpha value is -9.50. The summed E-state index contributed by atoms with van der Waals surface area (Å²) >= 11 is 0. The van der Waals surface area contributed by atoms with Crippen molar-refractivity contribution in [2.24, 2.45) is 0 Å². The lowest BCUT2D eigenvalue weighted by atomic mass is 9.67. The molecular weight excluding hydrogens is 883 g/mol. The van der Waals surface area contributed by atoms with Crippen molar-refractivity contribution in [1.29, 1.82) is 0 Å². The number of para-hydroxylation sites is 1. The van der Waals surface area contributed by atoms with Crippen molar-refractivity contribution in [2.45, 2.75) is 5.41 Å². The molecule has 12 aromatic carbocycles. The first kappa shape index (κ1) is 42.4. The summed E-state index contributed by atoms with van der Waals surface area (Å²) in [6, 6.07) is 104. The Bertz CT molecular complexity index is 4140. The molecule has 0 spiro atoms. The Balaban J connectivity index is 0.871. The first-order valence-corrected chi connectivity index (χ1v) is 25.1. The van der Waals surface area contributed by atoms with E-state index in [1.807, 2.05) is 12.1 Å². The quantitative estimate of drug-likeness (QED) is 0.143. The van der Waals surface area contributed by atoms with Crippen LogP contribution in [0.15, 0.2) is 290 Å². The van der Waals surface area contributed by atoms with E-state index < -0.39 is 5.41 Å². The second kappa shape index (κ2) is 17.4. The number of fused-ring (bicyclic) bond motifs is 7. The van der Waals surface area contributed by atoms with Crippen molar-refractivity contribution in [3.8, 4) is 55.6 Å². The summed E-state index contributed by atoms with van der Waals surface area (Å²) in [6.45, 7) is 0. The van der Waals surface area contributed by atoms with Crippen molar-refractivity contribution in [3.63, 3.8) is 0 Å². The molecule has 0 saturated carbocycles. The van der Waals surface area contributed by atoms with Crippen LogP contribution in [0, 0.1) is 0 Å². The van der Waals surface area contributed by atoms with E-state index in [-0.39, 0.29) is 0 Å². The smallest absolute Gasteiger partial charge is 0.135 e. The summed E-state index contributed by atoms with van der Waals surface area (Å²) in [4.78, 5) is 2.38. The predicted octanol–water partition coefficient (Wildman–Crippen LogP) is 19.2. The monoisotopic (exact) mass is 929 g/mol. The van der Waals surface area contributed by atoms with Gasteiger partial charge in [0.25, 0.3) is 0 Å². The molecule has 0 unspecified atom stereocenters. The van der Waals surface area contributed by atoms with Gasteiger partial charge in [-0.25, -0.2) is 0 Å². The van der Waals surface area contributed by atoms with Crippen LogP contribution in [-0.2, 0) is 5.41 Å². The standard InChI is InChI=1S/C71H47NO/c1-3-21-56(22-4-1)71(57-23-5-2-6-24-57)67-30-11-9-27-63(67)64-42-36-54(47-68(64)71)49-34-40-59(41-35-49)72(58-38-32-48(33-39-58)53-37-43-70-66(46-53)65-28-10-12-31-69(65)73-70)60-25-14-19-52(45-60)51-18-13-20-55(44-51)62-29-15-17-50-16-7-8-26-61(50)62/h1-47H. The Morgan fingerprint density at radius 1 is 0.260 bits per heavy atom. The summed E-state index contributed by atoms with van der Waals surface area (Å²) in [5.41, 5.74) is 21.6. The van der Waals surface area contributed by atoms with E-state index in [2.05, 4.69) is 278 Å². The summed E-state index contributed by atoms with van der Waals surface area (Å²) in [5.74, 6) is 0. The third-order valence-corrected chi connectivity index (χ3v) is 15.2. The summed E-state index contributed by atoms with van der Waals surface area (Å²) in [6.07, 6.45) is 0. The van der Waals surface area contributed by atoms with Crippen LogP contribution in [0.2, 0.25) is 0 Å². The molecule has 1 aliphatic carbocycles. The van der Waals surface area contributed by atoms with Crippen molar-refractivity contribution in [3.05, 3.63) is 307 Å². The zero-order valence-corrected chi connectivity index (χ0v) is 40.0. The van der Waals surface area contributed by atoms with Crippen LogP contribution < -0.4 is 4.90 Å². The Labute approximate surface area is 425 Å². The second-order valence-electron chi connectivity index (χ2n) is 19.2. The van der Waals surface area contributed by atoms with Crippen LogP contribution in [0.4, 0.5) is 17.1 Å². The SMILES string of the molecule is c1ccc(C2(c3ccccc3)c3ccccc3-c3ccc(-c4ccc(N(c5ccc(-c6ccc7oc8ccccc8c7c6)cc5)c5cccc(-c6cccc(-c7cccc8ccccc78)c6)c5)cc4)cc32)cc1. The zero-order chi connectivity index (χ0) is 48.3. The summed E-state index contributed by atoms with van der Waals surface area (Å²) in [7, 11) is 0. The molecule has 73 heavy (non-hydrogen) atoms. The van der Waals surface area contributed by atoms with Crippen molar-refractivity contribution < 1.29 is 4.42 Å². The van der Waals surface area contributed by atoms with Gasteiger partial charge in [-0.2, -0.15) is 0 Å². The van der Waals surface area contributed by atoms with E-state index >= 15 is 0 Å². The lowest BCUT2D eigenvalue weighted by Gasteiger charge is -2.34. The average molecular weight is 930 g/mol. The maximum absolute atomic E-state index is 6.19. The molecule has 0 amide bonds. The minimum Gasteiger partial charge on any atom is -0.456 e. The fourth-order valence-electron chi connectivity index (χ4n) is 11.8. The minimum atomic E-state index is -0.467. The highest BCUT2D eigenvalue weighted by atomic mass is 16.3. The van der Waals surface area contributed by atoms with E-state index in [9.17, 15) is 0 Å². The molecule has 1 heterocycles. The Morgan fingerprint density at radius 2 is 0.767 bits per heavy atom. The molecule has 0 aliphatic heterocycles. The first-order valence-electron chi connectivity index (χ1n) is 25.1. The highest BCUT2D eigenvalue weighted by Gasteiger charge is 2.46. The van der Waals surface area contributed by atoms with Crippen LogP contribution in [0.1, 0.15) is 22.3 Å². The van der Waals surface area contributed by atoms with E-state index in [0.717, 1.165) is 61.3 Å². The fraction of sp³-hybridized carbons (Fsp3) is 0.0141. The molecule has 0 saturated heterocycles. The van der Waals surface area contributed by atoms with Gasteiger partial charge in [0.05, 0.1) is 5.41 Å². The molecule has 14 rings (SSSR count). The topological polar surface area (TPSA) is 16.4 Å². The molecule has 1 aromatic heterocycles. The van der Waals surface area contributed by atoms with Gasteiger partial charge < -0.3 is 9.32 Å². The zero-order valence-electron chi connectivity index (χ0n) is 40.0. The second-order valence-corrected chi connectivity index (χ2v) is 19.2. The van der Waals surface area contributed by atoms with Gasteiger partial charge in [-0.15, -0.1) is 0 Å². The number of anilines is 3. The third-order valence-electron chi connectivity index (χ3n) is 15.2. The van der Waals surface area contributed by atoms with Gasteiger partial charge in [0.2, 0.25) is 0 Å². The lowest BCUT2D eigenvalue weighted by Crippen LogP contribution is -2.28. The number of furan rings is 1. The van der Waals surface area contributed by atoms with E-state index in [4.69, 9.17) is 4.42 Å². The third kappa shape index (κ3) is 7.10. The molecular formula is C71H47NO. The van der Waals surface area contributed by atoms with Gasteiger partial charge in [-0.05, 0) is 155 Å². The van der Waals surface area contributed by atoms with Gasteiger partial charge in [0.15, 0.2) is 0 Å². The first-order chi connectivity index (χ1) is 36.2. The summed E-state index contributed by atoms with van der Waals surface area (Å²) in [5, 5.41) is 4.75. The number of rotatable bonds is 9. The average Bonchev–Trinajstić information content (AvgIpc) is 4.03. The molecule has 2 nitrogen and oxygen atoms in total. The van der Waals surface area contributed by atoms with E-state index in [0.29, 0.717) is 0 Å². The normalized spacial score (nSPS) is 12.5. The molecule has 1 aliphatic rings. The van der Waals surface area contributed by atoms with Crippen LogP contribution >= 0.6 is 0 Å². The van der Waals surface area contributed by atoms with E-state index in [1.165, 1.54) is 66.4 Å². The van der Waals surface area contributed by atoms with Crippen molar-refractivity contribution in [2.75, 3.05) is 4.90 Å². The predicted molar refractivity (Wildman–Crippen MR) is 305 cm³/mol. The molecule has 0 radical (unpaired) electrons. The number of nitrogens with zero attached hydrogens (tertiary/aromatic N) is 1. The highest BCUT2D eigenvalue weighted by Crippen LogP contribution is 2.57. The van der Waals surface area contributed by atoms with Crippen LogP contribution in [-0.4, -0.2) is 0 Å². The van der Waals surface area contributed by atoms with Crippen LogP contribution in [0.3, 0.4) is 0 Å². The lowest BCUT2D eigenvalue weighted by molar-refractivity contribution is 0.669. The number of benzene rings is 12. The van der Waals surface area contributed by atoms with Crippen LogP contribution in [0.25, 0.3) is 88.3 Å². The van der Waals surface area contributed by atoms with Crippen molar-refractivity contribution >= 4 is 49.8 Å². The minimum absolute atomic E-state index is 0.467. The van der Waals surface area contributed by atoms with Gasteiger partial charge in [0.1, 0.15) is 11.2 Å². The molecule has 0 bridgehead atoms. The van der Waals surface area contributed by atoms with Crippen molar-refractivity contribution in [1.82, 2.24) is 0 Å². The van der Waals surface area contributed by atoms with Crippen LogP contribution in [0.5, 0.6) is 0 Å². The number of hydrogen-bond donors (Lipinski definition) is 0. The van der Waals surface area contributed by atoms with E-state index in [1.54, 1.807) is 0 Å². The molecule has 13 aromatic rings. The highest BCUT2D eigenvalue weighted by molar-refractivity contribution is 6.06. The Kier molecular flexibility index (Phi) is 10.1. The van der Waals surface area contributed by atoms with Gasteiger partial charge in [0, 0.05) is 27.8 Å². The molecule has 0 N–H and O–H groups in total.